The van der Waals surface area contributed by atoms with Crippen molar-refractivity contribution in [2.75, 3.05) is 39.7 Å². The highest BCUT2D eigenvalue weighted by molar-refractivity contribution is 5.84. The van der Waals surface area contributed by atoms with Crippen molar-refractivity contribution in [2.24, 2.45) is 10.4 Å². The summed E-state index contributed by atoms with van der Waals surface area (Å²) in [7, 11) is 4.88. The highest BCUT2D eigenvalue weighted by Crippen LogP contribution is 2.43. The zero-order chi connectivity index (χ0) is 18.8. The number of amides is 1. The quantitative estimate of drug-likeness (QED) is 0.489. The molecule has 2 rings (SSSR count). The Hall–Kier alpha value is -2.28. The second-order valence-corrected chi connectivity index (χ2v) is 6.69. The van der Waals surface area contributed by atoms with Gasteiger partial charge in [0.05, 0.1) is 7.11 Å². The fourth-order valence-electron chi connectivity index (χ4n) is 3.06. The number of ether oxygens (including phenoxy) is 2. The van der Waals surface area contributed by atoms with Crippen LogP contribution in [0.5, 0.6) is 0 Å². The third-order valence-electron chi connectivity index (χ3n) is 4.95. The van der Waals surface area contributed by atoms with Gasteiger partial charge < -0.3 is 20.1 Å². The molecule has 26 heavy (non-hydrogen) atoms. The number of guanidine groups is 1. The summed E-state index contributed by atoms with van der Waals surface area (Å²) < 4.78 is 9.82. The van der Waals surface area contributed by atoms with E-state index in [1.807, 2.05) is 24.3 Å². The van der Waals surface area contributed by atoms with Crippen LogP contribution in [0.25, 0.3) is 0 Å². The molecule has 0 unspecified atom stereocenters. The smallest absolute Gasteiger partial charge is 0.411 e. The van der Waals surface area contributed by atoms with Crippen molar-refractivity contribution >= 4 is 17.7 Å². The molecule has 0 heterocycles. The van der Waals surface area contributed by atoms with Crippen LogP contribution in [-0.2, 0) is 16.0 Å². The zero-order valence-corrected chi connectivity index (χ0v) is 15.9. The molecule has 1 aromatic rings. The Morgan fingerprint density at radius 3 is 2.46 bits per heavy atom. The molecule has 0 bridgehead atoms. The van der Waals surface area contributed by atoms with Gasteiger partial charge in [-0.15, -0.1) is 0 Å². The van der Waals surface area contributed by atoms with Crippen molar-refractivity contribution in [3.05, 3.63) is 29.8 Å². The van der Waals surface area contributed by atoms with E-state index in [-0.39, 0.29) is 0 Å². The predicted molar refractivity (Wildman–Crippen MR) is 103 cm³/mol. The molecular weight excluding hydrogens is 332 g/mol. The van der Waals surface area contributed by atoms with Gasteiger partial charge in [-0.1, -0.05) is 18.6 Å². The van der Waals surface area contributed by atoms with Gasteiger partial charge in [0, 0.05) is 39.5 Å². The molecule has 0 aliphatic heterocycles. The number of methoxy groups -OCH3 is 2. The molecule has 7 nitrogen and oxygen atoms in total. The highest BCUT2D eigenvalue weighted by atomic mass is 16.5. The first-order valence-corrected chi connectivity index (χ1v) is 8.98. The van der Waals surface area contributed by atoms with Gasteiger partial charge in [0.2, 0.25) is 0 Å². The lowest BCUT2D eigenvalue weighted by atomic mass is 9.67. The number of nitrogens with one attached hydrogen (secondary N) is 3. The molecule has 3 N–H and O–H groups in total. The summed E-state index contributed by atoms with van der Waals surface area (Å²) in [5.74, 6) is 0.797. The monoisotopic (exact) mass is 362 g/mol. The molecule has 1 amide bonds. The third kappa shape index (κ3) is 5.91. The number of carbonyl (C=O) groups is 1. The second kappa shape index (κ2) is 10.0. The van der Waals surface area contributed by atoms with Crippen molar-refractivity contribution in [1.82, 2.24) is 10.6 Å². The minimum absolute atomic E-state index is 0.342. The molecule has 0 atom stereocenters. The summed E-state index contributed by atoms with van der Waals surface area (Å²) in [5, 5.41) is 9.41. The van der Waals surface area contributed by atoms with Gasteiger partial charge in [-0.2, -0.15) is 0 Å². The minimum Gasteiger partial charge on any atom is -0.453 e. The average Bonchev–Trinajstić information content (AvgIpc) is 2.64. The number of hydrogen-bond donors (Lipinski definition) is 3. The van der Waals surface area contributed by atoms with Crippen LogP contribution in [0.15, 0.2) is 29.3 Å². The first-order valence-electron chi connectivity index (χ1n) is 8.98. The molecule has 0 aromatic heterocycles. The van der Waals surface area contributed by atoms with Crippen LogP contribution in [-0.4, -0.2) is 46.5 Å². The van der Waals surface area contributed by atoms with Crippen molar-refractivity contribution in [1.29, 1.82) is 0 Å². The SMILES string of the molecule is CN=C(NCc1ccc(NC(=O)OC)cc1)NCC1(CCOC)CCC1. The number of nitrogens with zero attached hydrogens (tertiary/aromatic N) is 1. The van der Waals surface area contributed by atoms with Gasteiger partial charge in [0.1, 0.15) is 0 Å². The zero-order valence-electron chi connectivity index (χ0n) is 15.9. The van der Waals surface area contributed by atoms with Crippen LogP contribution in [0.4, 0.5) is 10.5 Å². The van der Waals surface area contributed by atoms with E-state index in [4.69, 9.17) is 4.74 Å². The molecule has 1 aromatic carbocycles. The molecular formula is C19H30N4O3. The number of aliphatic imine (C=N–C) groups is 1. The fourth-order valence-corrected chi connectivity index (χ4v) is 3.06. The molecule has 1 fully saturated rings. The molecule has 7 heteroatoms. The van der Waals surface area contributed by atoms with E-state index in [0.717, 1.165) is 31.1 Å². The van der Waals surface area contributed by atoms with E-state index < -0.39 is 6.09 Å². The molecule has 0 saturated heterocycles. The van der Waals surface area contributed by atoms with E-state index in [2.05, 4.69) is 25.7 Å². The third-order valence-corrected chi connectivity index (χ3v) is 4.95. The number of anilines is 1. The van der Waals surface area contributed by atoms with Crippen LogP contribution < -0.4 is 16.0 Å². The summed E-state index contributed by atoms with van der Waals surface area (Å²) >= 11 is 0. The van der Waals surface area contributed by atoms with Crippen molar-refractivity contribution < 1.29 is 14.3 Å². The predicted octanol–water partition coefficient (Wildman–Crippen LogP) is 2.74. The lowest BCUT2D eigenvalue weighted by Crippen LogP contribution is -2.46. The van der Waals surface area contributed by atoms with Crippen LogP contribution in [0.3, 0.4) is 0 Å². The Bertz CT molecular complexity index is 597. The van der Waals surface area contributed by atoms with Gasteiger partial charge in [0.25, 0.3) is 0 Å². The van der Waals surface area contributed by atoms with E-state index >= 15 is 0 Å². The Balaban J connectivity index is 1.78. The highest BCUT2D eigenvalue weighted by Gasteiger charge is 2.36. The molecule has 144 valence electrons. The van der Waals surface area contributed by atoms with Crippen LogP contribution in [0, 0.1) is 5.41 Å². The van der Waals surface area contributed by atoms with Crippen molar-refractivity contribution in [3.63, 3.8) is 0 Å². The maximum atomic E-state index is 11.2. The molecule has 1 aliphatic carbocycles. The average molecular weight is 362 g/mol. The van der Waals surface area contributed by atoms with E-state index in [9.17, 15) is 4.79 Å². The minimum atomic E-state index is -0.473. The van der Waals surface area contributed by atoms with E-state index in [0.29, 0.717) is 17.6 Å². The Labute approximate surface area is 155 Å². The number of benzene rings is 1. The lowest BCUT2D eigenvalue weighted by Gasteiger charge is -2.42. The first kappa shape index (κ1) is 20.0. The Kier molecular flexibility index (Phi) is 7.72. The van der Waals surface area contributed by atoms with Gasteiger partial charge in [0.15, 0.2) is 5.96 Å². The number of rotatable bonds is 8. The van der Waals surface area contributed by atoms with Crippen molar-refractivity contribution in [3.8, 4) is 0 Å². The topological polar surface area (TPSA) is 84.0 Å². The van der Waals surface area contributed by atoms with Crippen molar-refractivity contribution in [2.45, 2.75) is 32.2 Å². The summed E-state index contributed by atoms with van der Waals surface area (Å²) in [6.07, 6.45) is 4.40. The van der Waals surface area contributed by atoms with E-state index in [1.54, 1.807) is 14.2 Å². The fraction of sp³-hybridized carbons (Fsp3) is 0.579. The number of carbonyl (C=O) groups excluding carboxylic acids is 1. The number of hydrogen-bond acceptors (Lipinski definition) is 4. The van der Waals surface area contributed by atoms with Gasteiger partial charge in [-0.05, 0) is 42.4 Å². The summed E-state index contributed by atoms with van der Waals surface area (Å²) in [6.45, 7) is 2.38. The lowest BCUT2D eigenvalue weighted by molar-refractivity contribution is 0.0732. The Morgan fingerprint density at radius 1 is 1.19 bits per heavy atom. The van der Waals surface area contributed by atoms with Gasteiger partial charge >= 0.3 is 6.09 Å². The summed E-state index contributed by atoms with van der Waals surface area (Å²) in [6, 6.07) is 7.60. The molecule has 0 radical (unpaired) electrons. The van der Waals surface area contributed by atoms with Gasteiger partial charge in [-0.25, -0.2) is 4.79 Å². The molecule has 1 saturated carbocycles. The normalized spacial score (nSPS) is 15.7. The van der Waals surface area contributed by atoms with E-state index in [1.165, 1.54) is 26.4 Å². The maximum Gasteiger partial charge on any atom is 0.411 e. The Morgan fingerprint density at radius 2 is 1.92 bits per heavy atom. The van der Waals surface area contributed by atoms with Crippen LogP contribution in [0.1, 0.15) is 31.2 Å². The standard InChI is InChI=1S/C19H30N4O3/c1-20-17(22-14-19(9-4-10-19)11-12-25-2)21-13-15-5-7-16(8-6-15)23-18(24)26-3/h5-8H,4,9-14H2,1-3H3,(H,23,24)(H2,20,21,22). The maximum absolute atomic E-state index is 11.2. The summed E-state index contributed by atoms with van der Waals surface area (Å²) in [4.78, 5) is 15.5. The molecule has 0 spiro atoms. The molecule has 1 aliphatic rings. The second-order valence-electron chi connectivity index (χ2n) is 6.69. The first-order chi connectivity index (χ1) is 12.6. The van der Waals surface area contributed by atoms with Crippen LogP contribution >= 0.6 is 0 Å². The van der Waals surface area contributed by atoms with Gasteiger partial charge in [-0.3, -0.25) is 10.3 Å². The van der Waals surface area contributed by atoms with Crippen LogP contribution in [0.2, 0.25) is 0 Å². The summed E-state index contributed by atoms with van der Waals surface area (Å²) in [5.41, 5.74) is 2.14. The largest absolute Gasteiger partial charge is 0.453 e.